The van der Waals surface area contributed by atoms with Crippen molar-refractivity contribution >= 4 is 21.9 Å². The first-order chi connectivity index (χ1) is 6.97. The summed E-state index contributed by atoms with van der Waals surface area (Å²) in [5, 5.41) is 0. The lowest BCUT2D eigenvalue weighted by Crippen LogP contribution is -2.04. The molecule has 0 bridgehead atoms. The van der Waals surface area contributed by atoms with Crippen molar-refractivity contribution in [1.82, 2.24) is 0 Å². The lowest BCUT2D eigenvalue weighted by Gasteiger charge is -2.06. The van der Waals surface area contributed by atoms with Gasteiger partial charge in [-0.25, -0.2) is 8.42 Å². The highest BCUT2D eigenvalue weighted by Gasteiger charge is 1.97. The van der Waals surface area contributed by atoms with Crippen LogP contribution < -0.4 is 0 Å². The molecule has 0 saturated carbocycles. The molecule has 1 aromatic rings. The summed E-state index contributed by atoms with van der Waals surface area (Å²) in [6, 6.07) is 8.00. The molecule has 1 aromatic carbocycles. The summed E-state index contributed by atoms with van der Waals surface area (Å²) in [6.45, 7) is 2.01. The van der Waals surface area contributed by atoms with Crippen molar-refractivity contribution in [2.24, 2.45) is 0 Å². The highest BCUT2D eigenvalue weighted by atomic mass is 32.2. The standard InChI is InChI=1S/C10H14O3S2/c1-9-3-5-10(6-4-9)14-7-2-8-15(11,12)13/h3-6H,2,7-8H2,1H3,(H,11,12,13)/p-1. The van der Waals surface area contributed by atoms with Crippen LogP contribution in [0.5, 0.6) is 0 Å². The molecule has 0 heterocycles. The van der Waals surface area contributed by atoms with E-state index in [0.717, 1.165) is 4.90 Å². The molecule has 0 unspecified atom stereocenters. The van der Waals surface area contributed by atoms with E-state index in [-0.39, 0.29) is 5.75 Å². The zero-order valence-corrected chi connectivity index (χ0v) is 10.1. The van der Waals surface area contributed by atoms with Gasteiger partial charge < -0.3 is 4.55 Å². The van der Waals surface area contributed by atoms with Crippen LogP contribution in [0.4, 0.5) is 0 Å². The fraction of sp³-hybridized carbons (Fsp3) is 0.400. The number of hydrogen-bond donors (Lipinski definition) is 0. The smallest absolute Gasteiger partial charge is 0.0946 e. The third kappa shape index (κ3) is 5.81. The van der Waals surface area contributed by atoms with Crippen molar-refractivity contribution in [3.63, 3.8) is 0 Å². The Bertz CT molecular complexity index is 395. The van der Waals surface area contributed by atoms with Crippen LogP contribution in [0.1, 0.15) is 12.0 Å². The Balaban J connectivity index is 2.29. The molecule has 0 N–H and O–H groups in total. The van der Waals surface area contributed by atoms with Gasteiger partial charge in [0, 0.05) is 10.6 Å². The van der Waals surface area contributed by atoms with E-state index in [1.807, 2.05) is 31.2 Å². The molecule has 0 aliphatic heterocycles. The second-order valence-corrected chi connectivity index (χ2v) is 5.97. The largest absolute Gasteiger partial charge is 0.748 e. The molecule has 0 amide bonds. The minimum absolute atomic E-state index is 0.272. The summed E-state index contributed by atoms with van der Waals surface area (Å²) in [5.74, 6) is 0.385. The molecule has 0 fully saturated rings. The zero-order valence-electron chi connectivity index (χ0n) is 8.47. The normalized spacial score (nSPS) is 11.6. The molecule has 0 aliphatic carbocycles. The lowest BCUT2D eigenvalue weighted by atomic mass is 10.2. The van der Waals surface area contributed by atoms with E-state index in [0.29, 0.717) is 12.2 Å². The third-order valence-corrected chi connectivity index (χ3v) is 3.72. The van der Waals surface area contributed by atoms with Gasteiger partial charge in [0.2, 0.25) is 0 Å². The van der Waals surface area contributed by atoms with Gasteiger partial charge in [0.25, 0.3) is 0 Å². The summed E-state index contributed by atoms with van der Waals surface area (Å²) < 4.78 is 31.0. The molecule has 0 radical (unpaired) electrons. The van der Waals surface area contributed by atoms with Crippen molar-refractivity contribution in [1.29, 1.82) is 0 Å². The van der Waals surface area contributed by atoms with Gasteiger partial charge in [0.1, 0.15) is 0 Å². The Hall–Kier alpha value is -0.520. The number of benzene rings is 1. The Morgan fingerprint density at radius 1 is 1.27 bits per heavy atom. The summed E-state index contributed by atoms with van der Waals surface area (Å²) in [5.41, 5.74) is 1.20. The summed E-state index contributed by atoms with van der Waals surface area (Å²) >= 11 is 1.57. The molecule has 0 spiro atoms. The fourth-order valence-corrected chi connectivity index (χ4v) is 2.59. The maximum Gasteiger partial charge on any atom is 0.0946 e. The number of rotatable bonds is 5. The second kappa shape index (κ2) is 5.53. The van der Waals surface area contributed by atoms with Crippen LogP contribution >= 0.6 is 11.8 Å². The van der Waals surface area contributed by atoms with Gasteiger partial charge in [-0.15, -0.1) is 11.8 Å². The van der Waals surface area contributed by atoms with E-state index in [2.05, 4.69) is 0 Å². The highest BCUT2D eigenvalue weighted by Crippen LogP contribution is 2.19. The molecule has 3 nitrogen and oxygen atoms in total. The molecule has 0 atom stereocenters. The van der Waals surface area contributed by atoms with Crippen LogP contribution in [0.25, 0.3) is 0 Å². The van der Waals surface area contributed by atoms with E-state index in [1.165, 1.54) is 5.56 Å². The van der Waals surface area contributed by atoms with E-state index in [1.54, 1.807) is 11.8 Å². The third-order valence-electron chi connectivity index (χ3n) is 1.83. The van der Waals surface area contributed by atoms with Gasteiger partial charge in [-0.2, -0.15) is 0 Å². The van der Waals surface area contributed by atoms with Gasteiger partial charge in [0.15, 0.2) is 0 Å². The van der Waals surface area contributed by atoms with Crippen molar-refractivity contribution in [2.45, 2.75) is 18.2 Å². The first kappa shape index (κ1) is 12.5. The maximum atomic E-state index is 10.3. The Morgan fingerprint density at radius 3 is 2.40 bits per heavy atom. The molecule has 0 aromatic heterocycles. The van der Waals surface area contributed by atoms with Crippen molar-refractivity contribution in [3.8, 4) is 0 Å². The van der Waals surface area contributed by atoms with Crippen molar-refractivity contribution < 1.29 is 13.0 Å². The summed E-state index contributed by atoms with van der Waals surface area (Å²) in [7, 11) is -4.05. The van der Waals surface area contributed by atoms with Crippen LogP contribution in [0.2, 0.25) is 0 Å². The first-order valence-electron chi connectivity index (χ1n) is 4.60. The molecular weight excluding hydrogens is 232 g/mol. The van der Waals surface area contributed by atoms with Crippen LogP contribution in [-0.4, -0.2) is 24.5 Å². The van der Waals surface area contributed by atoms with Crippen molar-refractivity contribution in [3.05, 3.63) is 29.8 Å². The van der Waals surface area contributed by atoms with Crippen LogP contribution in [-0.2, 0) is 10.1 Å². The minimum atomic E-state index is -4.05. The van der Waals surface area contributed by atoms with Gasteiger partial charge >= 0.3 is 0 Å². The zero-order chi connectivity index (χ0) is 11.3. The molecule has 84 valence electrons. The Kier molecular flexibility index (Phi) is 4.63. The Morgan fingerprint density at radius 2 is 1.87 bits per heavy atom. The van der Waals surface area contributed by atoms with Gasteiger partial charge in [-0.3, -0.25) is 0 Å². The predicted molar refractivity (Wildman–Crippen MR) is 61.1 cm³/mol. The molecule has 1 rings (SSSR count). The van der Waals surface area contributed by atoms with Crippen LogP contribution in [0.15, 0.2) is 29.2 Å². The molecule has 5 heteroatoms. The van der Waals surface area contributed by atoms with Crippen LogP contribution in [0.3, 0.4) is 0 Å². The average molecular weight is 245 g/mol. The summed E-state index contributed by atoms with van der Waals surface area (Å²) in [6.07, 6.45) is 0.407. The monoisotopic (exact) mass is 245 g/mol. The average Bonchev–Trinajstić information content (AvgIpc) is 2.14. The van der Waals surface area contributed by atoms with Gasteiger partial charge in [-0.1, -0.05) is 17.7 Å². The second-order valence-electron chi connectivity index (χ2n) is 3.28. The topological polar surface area (TPSA) is 57.2 Å². The van der Waals surface area contributed by atoms with E-state index in [4.69, 9.17) is 0 Å². The molecule has 0 saturated heterocycles. The van der Waals surface area contributed by atoms with Gasteiger partial charge in [-0.05, 0) is 31.2 Å². The first-order valence-corrected chi connectivity index (χ1v) is 7.17. The minimum Gasteiger partial charge on any atom is -0.748 e. The SMILES string of the molecule is Cc1ccc(SCCCS(=O)(=O)[O-])cc1. The number of thioether (sulfide) groups is 1. The van der Waals surface area contributed by atoms with E-state index < -0.39 is 10.1 Å². The molecular formula is C10H13O3S2-. The molecule has 0 aliphatic rings. The fourth-order valence-electron chi connectivity index (χ4n) is 1.06. The Labute approximate surface area is 94.6 Å². The maximum absolute atomic E-state index is 10.3. The number of hydrogen-bond acceptors (Lipinski definition) is 4. The quantitative estimate of drug-likeness (QED) is 0.452. The van der Waals surface area contributed by atoms with E-state index >= 15 is 0 Å². The highest BCUT2D eigenvalue weighted by molar-refractivity contribution is 7.99. The van der Waals surface area contributed by atoms with E-state index in [9.17, 15) is 13.0 Å². The lowest BCUT2D eigenvalue weighted by molar-refractivity contribution is 0.462. The van der Waals surface area contributed by atoms with Gasteiger partial charge in [0.05, 0.1) is 10.1 Å². The predicted octanol–water partition coefficient (Wildman–Crippen LogP) is 2.02. The van der Waals surface area contributed by atoms with Crippen molar-refractivity contribution in [2.75, 3.05) is 11.5 Å². The van der Waals surface area contributed by atoms with Crippen LogP contribution in [0, 0.1) is 6.92 Å². The summed E-state index contributed by atoms with van der Waals surface area (Å²) in [4.78, 5) is 1.10. The molecule has 15 heavy (non-hydrogen) atoms. The number of aryl methyl sites for hydroxylation is 1.